The summed E-state index contributed by atoms with van der Waals surface area (Å²) >= 11 is 0. The van der Waals surface area contributed by atoms with Gasteiger partial charge in [-0.25, -0.2) is 4.79 Å². The number of hydrogen-bond acceptors (Lipinski definition) is 3. The fraction of sp³-hybridized carbons (Fsp3) is 0.333. The van der Waals surface area contributed by atoms with Gasteiger partial charge in [-0.15, -0.1) is 0 Å². The van der Waals surface area contributed by atoms with Crippen molar-refractivity contribution in [1.29, 1.82) is 0 Å². The molecule has 0 radical (unpaired) electrons. The average Bonchev–Trinajstić information content (AvgIpc) is 2.85. The molecule has 0 aliphatic heterocycles. The molecule has 2 N–H and O–H groups in total. The number of rotatable bonds is 5. The van der Waals surface area contributed by atoms with Crippen LogP contribution in [0.5, 0.6) is 0 Å². The molecular formula is C15H18N2O3. The zero-order valence-electron chi connectivity index (χ0n) is 11.6. The second-order valence-corrected chi connectivity index (χ2v) is 4.67. The van der Waals surface area contributed by atoms with E-state index in [0.717, 1.165) is 16.5 Å². The van der Waals surface area contributed by atoms with E-state index in [9.17, 15) is 9.59 Å². The number of hydrogen-bond donors (Lipinski definition) is 2. The lowest BCUT2D eigenvalue weighted by Gasteiger charge is -2.14. The SMILES string of the molecule is COC(=O)C(CCc1c[nH]c2ccccc12)NC(C)=O. The Bertz CT molecular complexity index is 618. The van der Waals surface area contributed by atoms with Gasteiger partial charge >= 0.3 is 5.97 Å². The Morgan fingerprint density at radius 1 is 1.35 bits per heavy atom. The van der Waals surface area contributed by atoms with Crippen molar-refractivity contribution in [2.24, 2.45) is 0 Å². The summed E-state index contributed by atoms with van der Waals surface area (Å²) in [7, 11) is 1.32. The van der Waals surface area contributed by atoms with Gasteiger partial charge in [0.1, 0.15) is 6.04 Å². The van der Waals surface area contributed by atoms with Gasteiger partial charge in [0.15, 0.2) is 0 Å². The zero-order chi connectivity index (χ0) is 14.5. The first kappa shape index (κ1) is 14.1. The van der Waals surface area contributed by atoms with Crippen LogP contribution in [0.3, 0.4) is 0 Å². The number of ether oxygens (including phenoxy) is 1. The third-order valence-corrected chi connectivity index (χ3v) is 3.24. The van der Waals surface area contributed by atoms with E-state index in [1.54, 1.807) is 0 Å². The normalized spacial score (nSPS) is 12.1. The molecule has 0 spiro atoms. The van der Waals surface area contributed by atoms with Crippen molar-refractivity contribution in [3.05, 3.63) is 36.0 Å². The highest BCUT2D eigenvalue weighted by Crippen LogP contribution is 2.19. The number of fused-ring (bicyclic) bond motifs is 1. The maximum Gasteiger partial charge on any atom is 0.328 e. The van der Waals surface area contributed by atoms with Gasteiger partial charge in [0.05, 0.1) is 7.11 Å². The molecule has 1 heterocycles. The van der Waals surface area contributed by atoms with Gasteiger partial charge in [-0.3, -0.25) is 4.79 Å². The van der Waals surface area contributed by atoms with Crippen molar-refractivity contribution < 1.29 is 14.3 Å². The summed E-state index contributed by atoms with van der Waals surface area (Å²) in [6.07, 6.45) is 3.13. The number of methoxy groups -OCH3 is 1. The van der Waals surface area contributed by atoms with Crippen molar-refractivity contribution >= 4 is 22.8 Å². The Labute approximate surface area is 117 Å². The quantitative estimate of drug-likeness (QED) is 0.816. The molecule has 1 aromatic heterocycles. The van der Waals surface area contributed by atoms with E-state index in [2.05, 4.69) is 10.3 Å². The van der Waals surface area contributed by atoms with Crippen LogP contribution in [-0.4, -0.2) is 30.0 Å². The second-order valence-electron chi connectivity index (χ2n) is 4.67. The highest BCUT2D eigenvalue weighted by atomic mass is 16.5. The number of H-pyrrole nitrogens is 1. The van der Waals surface area contributed by atoms with Crippen LogP contribution in [0.15, 0.2) is 30.5 Å². The number of esters is 1. The number of amides is 1. The maximum absolute atomic E-state index is 11.6. The first-order chi connectivity index (χ1) is 9.61. The Balaban J connectivity index is 2.08. The van der Waals surface area contributed by atoms with E-state index in [0.29, 0.717) is 12.8 Å². The van der Waals surface area contributed by atoms with E-state index >= 15 is 0 Å². The second kappa shape index (κ2) is 6.23. The van der Waals surface area contributed by atoms with Gasteiger partial charge in [0.25, 0.3) is 0 Å². The minimum Gasteiger partial charge on any atom is -0.467 e. The molecule has 2 rings (SSSR count). The van der Waals surface area contributed by atoms with Gasteiger partial charge in [0, 0.05) is 24.0 Å². The molecule has 0 aliphatic carbocycles. The predicted molar refractivity (Wildman–Crippen MR) is 76.2 cm³/mol. The summed E-state index contributed by atoms with van der Waals surface area (Å²) in [5.74, 6) is -0.653. The molecule has 0 saturated carbocycles. The summed E-state index contributed by atoms with van der Waals surface area (Å²) < 4.78 is 4.71. The molecule has 1 amide bonds. The van der Waals surface area contributed by atoms with Crippen molar-refractivity contribution in [1.82, 2.24) is 10.3 Å². The number of carbonyl (C=O) groups is 2. The minimum absolute atomic E-state index is 0.237. The van der Waals surface area contributed by atoms with Crippen molar-refractivity contribution in [3.8, 4) is 0 Å². The lowest BCUT2D eigenvalue weighted by molar-refractivity contribution is -0.145. The fourth-order valence-corrected chi connectivity index (χ4v) is 2.27. The molecule has 1 aromatic carbocycles. The Kier molecular flexibility index (Phi) is 4.40. The van der Waals surface area contributed by atoms with E-state index in [1.807, 2.05) is 30.5 Å². The van der Waals surface area contributed by atoms with Gasteiger partial charge < -0.3 is 15.0 Å². The van der Waals surface area contributed by atoms with Crippen LogP contribution in [0.4, 0.5) is 0 Å². The number of nitrogens with one attached hydrogen (secondary N) is 2. The molecule has 0 saturated heterocycles. The van der Waals surface area contributed by atoms with Crippen LogP contribution < -0.4 is 5.32 Å². The molecule has 2 aromatic rings. The van der Waals surface area contributed by atoms with Crippen molar-refractivity contribution in [3.63, 3.8) is 0 Å². The van der Waals surface area contributed by atoms with E-state index in [4.69, 9.17) is 4.74 Å². The number of para-hydroxylation sites is 1. The standard InChI is InChI=1S/C15H18N2O3/c1-10(18)17-14(15(19)20-2)8-7-11-9-16-13-6-4-3-5-12(11)13/h3-6,9,14,16H,7-8H2,1-2H3,(H,17,18). The Morgan fingerprint density at radius 3 is 2.80 bits per heavy atom. The molecule has 1 unspecified atom stereocenters. The van der Waals surface area contributed by atoms with E-state index in [-0.39, 0.29) is 5.91 Å². The number of aromatic amines is 1. The molecular weight excluding hydrogens is 256 g/mol. The predicted octanol–water partition coefficient (Wildman–Crippen LogP) is 1.78. The molecule has 5 heteroatoms. The van der Waals surface area contributed by atoms with Crippen LogP contribution in [0.1, 0.15) is 18.9 Å². The van der Waals surface area contributed by atoms with E-state index in [1.165, 1.54) is 14.0 Å². The summed E-state index contributed by atoms with van der Waals surface area (Å²) in [6, 6.07) is 7.38. The monoisotopic (exact) mass is 274 g/mol. The van der Waals surface area contributed by atoms with Gasteiger partial charge in [-0.05, 0) is 24.5 Å². The first-order valence-electron chi connectivity index (χ1n) is 6.51. The lowest BCUT2D eigenvalue weighted by atomic mass is 10.0. The van der Waals surface area contributed by atoms with Crippen molar-refractivity contribution in [2.45, 2.75) is 25.8 Å². The summed E-state index contributed by atoms with van der Waals surface area (Å²) in [4.78, 5) is 25.9. The van der Waals surface area contributed by atoms with Crippen LogP contribution in [0.2, 0.25) is 0 Å². The largest absolute Gasteiger partial charge is 0.467 e. The molecule has 20 heavy (non-hydrogen) atoms. The third kappa shape index (κ3) is 3.17. The molecule has 5 nitrogen and oxygen atoms in total. The minimum atomic E-state index is -0.605. The summed E-state index contributed by atoms with van der Waals surface area (Å²) in [5, 5.41) is 3.76. The van der Waals surface area contributed by atoms with Gasteiger partial charge in [-0.2, -0.15) is 0 Å². The highest BCUT2D eigenvalue weighted by Gasteiger charge is 2.20. The number of benzene rings is 1. The average molecular weight is 274 g/mol. The number of aromatic nitrogens is 1. The Hall–Kier alpha value is -2.30. The van der Waals surface area contributed by atoms with Crippen LogP contribution in [-0.2, 0) is 20.7 Å². The maximum atomic E-state index is 11.6. The fourth-order valence-electron chi connectivity index (χ4n) is 2.27. The van der Waals surface area contributed by atoms with Gasteiger partial charge in [0.2, 0.25) is 5.91 Å². The molecule has 106 valence electrons. The lowest BCUT2D eigenvalue weighted by Crippen LogP contribution is -2.40. The zero-order valence-corrected chi connectivity index (χ0v) is 11.6. The molecule has 1 atom stereocenters. The summed E-state index contributed by atoms with van der Waals surface area (Å²) in [6.45, 7) is 1.39. The first-order valence-corrected chi connectivity index (χ1v) is 6.51. The molecule has 0 fully saturated rings. The number of aryl methyl sites for hydroxylation is 1. The van der Waals surface area contributed by atoms with E-state index < -0.39 is 12.0 Å². The molecule has 0 bridgehead atoms. The van der Waals surface area contributed by atoms with Crippen LogP contribution >= 0.6 is 0 Å². The highest BCUT2D eigenvalue weighted by molar-refractivity contribution is 5.84. The van der Waals surface area contributed by atoms with Crippen LogP contribution in [0, 0.1) is 0 Å². The van der Waals surface area contributed by atoms with Crippen LogP contribution in [0.25, 0.3) is 10.9 Å². The smallest absolute Gasteiger partial charge is 0.328 e. The topological polar surface area (TPSA) is 71.2 Å². The number of carbonyl (C=O) groups excluding carboxylic acids is 2. The van der Waals surface area contributed by atoms with Gasteiger partial charge in [-0.1, -0.05) is 18.2 Å². The molecule has 0 aliphatic rings. The Morgan fingerprint density at radius 2 is 2.10 bits per heavy atom. The summed E-state index contributed by atoms with van der Waals surface area (Å²) in [5.41, 5.74) is 2.19. The van der Waals surface area contributed by atoms with Crippen molar-refractivity contribution in [2.75, 3.05) is 7.11 Å². The third-order valence-electron chi connectivity index (χ3n) is 3.24.